The van der Waals surface area contributed by atoms with Gasteiger partial charge in [0.15, 0.2) is 11.5 Å². The molecule has 0 bridgehead atoms. The number of amides is 1. The molecule has 0 spiro atoms. The van der Waals surface area contributed by atoms with Crippen molar-refractivity contribution < 1.29 is 19.0 Å². The fourth-order valence-electron chi connectivity index (χ4n) is 1.45. The third-order valence-corrected chi connectivity index (χ3v) is 2.44. The Hall–Kier alpha value is -1.79. The number of nitrogens with two attached hydrogens (primary N) is 1. The van der Waals surface area contributed by atoms with Crippen molar-refractivity contribution in [2.45, 2.75) is 6.10 Å². The molecule has 1 amide bonds. The van der Waals surface area contributed by atoms with E-state index in [9.17, 15) is 4.79 Å². The van der Waals surface area contributed by atoms with Gasteiger partial charge in [-0.3, -0.25) is 4.79 Å². The molecule has 0 fully saturated rings. The Labute approximate surface area is 106 Å². The van der Waals surface area contributed by atoms with Crippen LogP contribution in [0.1, 0.15) is 0 Å². The van der Waals surface area contributed by atoms with Gasteiger partial charge >= 0.3 is 0 Å². The summed E-state index contributed by atoms with van der Waals surface area (Å²) in [5, 5.41) is 2.69. The number of nitrogens with one attached hydrogen (secondary N) is 1. The lowest BCUT2D eigenvalue weighted by molar-refractivity contribution is -0.125. The molecule has 0 saturated carbocycles. The third kappa shape index (κ3) is 3.35. The zero-order chi connectivity index (χ0) is 13.5. The summed E-state index contributed by atoms with van der Waals surface area (Å²) in [6.07, 6.45) is -0.668. The van der Waals surface area contributed by atoms with Crippen molar-refractivity contribution in [2.75, 3.05) is 33.2 Å². The fraction of sp³-hybridized carbons (Fsp3) is 0.417. The van der Waals surface area contributed by atoms with Crippen molar-refractivity contribution in [1.82, 2.24) is 0 Å². The van der Waals surface area contributed by atoms with Crippen LogP contribution < -0.4 is 20.5 Å². The van der Waals surface area contributed by atoms with Crippen molar-refractivity contribution in [1.29, 1.82) is 0 Å². The van der Waals surface area contributed by atoms with Gasteiger partial charge in [-0.1, -0.05) is 0 Å². The van der Waals surface area contributed by atoms with E-state index in [1.807, 2.05) is 0 Å². The first-order valence-corrected chi connectivity index (χ1v) is 5.42. The van der Waals surface area contributed by atoms with Crippen LogP contribution in [0.25, 0.3) is 0 Å². The van der Waals surface area contributed by atoms with Gasteiger partial charge in [0.05, 0.1) is 14.2 Å². The van der Waals surface area contributed by atoms with Crippen molar-refractivity contribution in [3.05, 3.63) is 18.2 Å². The standard InChI is InChI=1S/C12H18N2O4/c1-16-9-5-4-8(6-10(9)17-2)14-12(15)11(7-13)18-3/h4-6,11H,7,13H2,1-3H3,(H,14,15). The highest BCUT2D eigenvalue weighted by atomic mass is 16.5. The van der Waals surface area contributed by atoms with E-state index >= 15 is 0 Å². The second-order valence-corrected chi connectivity index (χ2v) is 3.52. The zero-order valence-electron chi connectivity index (χ0n) is 10.7. The number of hydrogen-bond donors (Lipinski definition) is 2. The minimum Gasteiger partial charge on any atom is -0.493 e. The summed E-state index contributed by atoms with van der Waals surface area (Å²) in [5.74, 6) is 0.835. The van der Waals surface area contributed by atoms with Gasteiger partial charge in [-0.25, -0.2) is 0 Å². The lowest BCUT2D eigenvalue weighted by atomic mass is 10.2. The molecular formula is C12H18N2O4. The molecule has 0 aliphatic carbocycles. The first-order chi connectivity index (χ1) is 8.65. The van der Waals surface area contributed by atoms with Crippen molar-refractivity contribution in [2.24, 2.45) is 5.73 Å². The highest BCUT2D eigenvalue weighted by Crippen LogP contribution is 2.29. The van der Waals surface area contributed by atoms with Crippen molar-refractivity contribution >= 4 is 11.6 Å². The Bertz CT molecular complexity index is 405. The molecule has 0 saturated heterocycles. The highest BCUT2D eigenvalue weighted by Gasteiger charge is 2.16. The number of ether oxygens (including phenoxy) is 3. The van der Waals surface area contributed by atoms with Gasteiger partial charge in [0.2, 0.25) is 0 Å². The lowest BCUT2D eigenvalue weighted by Crippen LogP contribution is -2.35. The van der Waals surface area contributed by atoms with E-state index in [0.717, 1.165) is 0 Å². The van der Waals surface area contributed by atoms with Gasteiger partial charge in [-0.15, -0.1) is 0 Å². The maximum atomic E-state index is 11.7. The van der Waals surface area contributed by atoms with Crippen LogP contribution in [0.4, 0.5) is 5.69 Å². The van der Waals surface area contributed by atoms with Crippen LogP contribution in [-0.2, 0) is 9.53 Å². The second kappa shape index (κ2) is 6.83. The summed E-state index contributed by atoms with van der Waals surface area (Å²) in [6, 6.07) is 5.08. The second-order valence-electron chi connectivity index (χ2n) is 3.52. The summed E-state index contributed by atoms with van der Waals surface area (Å²) in [4.78, 5) is 11.7. The van der Waals surface area contributed by atoms with Crippen LogP contribution in [-0.4, -0.2) is 39.9 Å². The maximum absolute atomic E-state index is 11.7. The quantitative estimate of drug-likeness (QED) is 0.777. The molecule has 1 rings (SSSR count). The summed E-state index contributed by atoms with van der Waals surface area (Å²) >= 11 is 0. The number of anilines is 1. The molecule has 18 heavy (non-hydrogen) atoms. The van der Waals surface area contributed by atoms with Crippen molar-refractivity contribution in [3.8, 4) is 11.5 Å². The topological polar surface area (TPSA) is 82.8 Å². The molecule has 1 atom stereocenters. The van der Waals surface area contributed by atoms with E-state index < -0.39 is 6.10 Å². The predicted octanol–water partition coefficient (Wildman–Crippen LogP) is 0.616. The van der Waals surface area contributed by atoms with Gasteiger partial charge in [-0.2, -0.15) is 0 Å². The van der Waals surface area contributed by atoms with E-state index in [4.69, 9.17) is 19.9 Å². The number of rotatable bonds is 6. The Balaban J connectivity index is 2.82. The maximum Gasteiger partial charge on any atom is 0.254 e. The lowest BCUT2D eigenvalue weighted by Gasteiger charge is -2.14. The van der Waals surface area contributed by atoms with Gasteiger partial charge in [0, 0.05) is 25.4 Å². The highest BCUT2D eigenvalue weighted by molar-refractivity contribution is 5.94. The van der Waals surface area contributed by atoms with Gasteiger partial charge in [0.1, 0.15) is 6.10 Å². The predicted molar refractivity (Wildman–Crippen MR) is 68.0 cm³/mol. The van der Waals surface area contributed by atoms with Crippen LogP contribution in [0.5, 0.6) is 11.5 Å². The molecule has 0 radical (unpaired) electrons. The van der Waals surface area contributed by atoms with Crippen molar-refractivity contribution in [3.63, 3.8) is 0 Å². The first-order valence-electron chi connectivity index (χ1n) is 5.42. The summed E-state index contributed by atoms with van der Waals surface area (Å²) in [5.41, 5.74) is 6.00. The van der Waals surface area contributed by atoms with Gasteiger partial charge in [0.25, 0.3) is 5.91 Å². The minimum absolute atomic E-state index is 0.121. The third-order valence-electron chi connectivity index (χ3n) is 2.44. The average Bonchev–Trinajstić information content (AvgIpc) is 2.40. The largest absolute Gasteiger partial charge is 0.493 e. The summed E-state index contributed by atoms with van der Waals surface area (Å²) < 4.78 is 15.2. The smallest absolute Gasteiger partial charge is 0.254 e. The Morgan fingerprint density at radius 1 is 1.28 bits per heavy atom. The number of benzene rings is 1. The zero-order valence-corrected chi connectivity index (χ0v) is 10.7. The van der Waals surface area contributed by atoms with E-state index in [0.29, 0.717) is 17.2 Å². The molecule has 0 aliphatic heterocycles. The van der Waals surface area contributed by atoms with E-state index in [1.165, 1.54) is 14.2 Å². The Kier molecular flexibility index (Phi) is 5.41. The molecule has 1 aromatic rings. The molecule has 100 valence electrons. The van der Waals surface area contributed by atoms with E-state index in [-0.39, 0.29) is 12.5 Å². The number of carbonyl (C=O) groups excluding carboxylic acids is 1. The molecule has 1 unspecified atom stereocenters. The monoisotopic (exact) mass is 254 g/mol. The first kappa shape index (κ1) is 14.3. The molecular weight excluding hydrogens is 236 g/mol. The molecule has 6 heteroatoms. The number of carbonyl (C=O) groups is 1. The van der Waals surface area contributed by atoms with Crippen LogP contribution >= 0.6 is 0 Å². The number of methoxy groups -OCH3 is 3. The van der Waals surface area contributed by atoms with Crippen LogP contribution in [0, 0.1) is 0 Å². The van der Waals surface area contributed by atoms with E-state index in [2.05, 4.69) is 5.32 Å². The Morgan fingerprint density at radius 3 is 2.44 bits per heavy atom. The molecule has 0 heterocycles. The summed E-state index contributed by atoms with van der Waals surface area (Å²) in [6.45, 7) is 0.121. The minimum atomic E-state index is -0.668. The molecule has 0 aliphatic rings. The summed E-state index contributed by atoms with van der Waals surface area (Å²) in [7, 11) is 4.51. The fourth-order valence-corrected chi connectivity index (χ4v) is 1.45. The van der Waals surface area contributed by atoms with Crippen LogP contribution in [0.2, 0.25) is 0 Å². The Morgan fingerprint density at radius 2 is 1.94 bits per heavy atom. The van der Waals surface area contributed by atoms with Crippen LogP contribution in [0.3, 0.4) is 0 Å². The van der Waals surface area contributed by atoms with E-state index in [1.54, 1.807) is 25.3 Å². The molecule has 6 nitrogen and oxygen atoms in total. The van der Waals surface area contributed by atoms with Crippen LogP contribution in [0.15, 0.2) is 18.2 Å². The normalized spacial score (nSPS) is 11.8. The number of hydrogen-bond acceptors (Lipinski definition) is 5. The molecule has 1 aromatic carbocycles. The average molecular weight is 254 g/mol. The van der Waals surface area contributed by atoms with Gasteiger partial charge in [-0.05, 0) is 12.1 Å². The van der Waals surface area contributed by atoms with Gasteiger partial charge < -0.3 is 25.3 Å². The SMILES string of the molecule is COc1ccc(NC(=O)C(CN)OC)cc1OC. The molecule has 3 N–H and O–H groups in total. The molecule has 0 aromatic heterocycles.